The molecule has 6 heterocycles. The van der Waals surface area contributed by atoms with Crippen molar-refractivity contribution in [1.29, 1.82) is 0 Å². The first-order valence-electron chi connectivity index (χ1n) is 23.8. The van der Waals surface area contributed by atoms with Crippen molar-refractivity contribution in [1.82, 2.24) is 40.8 Å². The molecular weight excluding hydrogens is 1350 g/mol. The van der Waals surface area contributed by atoms with E-state index in [1.54, 1.807) is 47.9 Å². The number of anilines is 2. The maximum absolute atomic E-state index is 13.5. The monoisotopic (exact) mass is 1410 g/mol. The number of hydrogen-bond acceptors (Lipinski definition) is 13. The number of rotatable bonds is 16. The van der Waals surface area contributed by atoms with E-state index in [2.05, 4.69) is 96.2 Å². The SMILES string of the molecule is C.COC(=O)Cl.COC(=O)N1CC=C(c2ccc(C(=O)NCc3cccnc3)c(NCCc3cccc(F)c3)n2)CC1.I[I-]I.O=C(NCc1cccnc1)c1ccc(C2=CCNCC2)nc1NCCc1cccc(F)c1. The van der Waals surface area contributed by atoms with E-state index in [1.807, 2.05) is 60.7 Å². The number of carbonyl (C=O) groups is 4. The van der Waals surface area contributed by atoms with Gasteiger partial charge in [0, 0.05) is 82.2 Å². The van der Waals surface area contributed by atoms with Gasteiger partial charge in [-0.15, -0.1) is 0 Å². The van der Waals surface area contributed by atoms with Crippen molar-refractivity contribution in [2.75, 3.05) is 64.1 Å². The molecule has 16 nitrogen and oxygen atoms in total. The van der Waals surface area contributed by atoms with Crippen LogP contribution in [-0.2, 0) is 35.4 Å². The van der Waals surface area contributed by atoms with Crippen LogP contribution in [0.2, 0.25) is 0 Å². The molecule has 2 aliphatic rings. The fourth-order valence-corrected chi connectivity index (χ4v) is 7.56. The molecule has 2 aliphatic heterocycles. The molecule has 0 radical (unpaired) electrons. The van der Waals surface area contributed by atoms with Gasteiger partial charge in [0.15, 0.2) is 0 Å². The van der Waals surface area contributed by atoms with Crippen LogP contribution in [0.15, 0.2) is 134 Å². The number of halogens is 6. The van der Waals surface area contributed by atoms with Crippen molar-refractivity contribution in [2.24, 2.45) is 0 Å². The molecule has 0 atom stereocenters. The first-order chi connectivity index (χ1) is 36.9. The molecule has 5 N–H and O–H groups in total. The molecule has 0 unspecified atom stereocenters. The van der Waals surface area contributed by atoms with Crippen LogP contribution in [-0.4, -0.2) is 102 Å². The number of amides is 3. The van der Waals surface area contributed by atoms with E-state index < -0.39 is 5.43 Å². The van der Waals surface area contributed by atoms with Gasteiger partial charge in [-0.05, 0) is 126 Å². The van der Waals surface area contributed by atoms with E-state index in [9.17, 15) is 28.0 Å². The largest absolute Gasteiger partial charge is 0.369 e. The van der Waals surface area contributed by atoms with E-state index in [4.69, 9.17) is 14.7 Å². The van der Waals surface area contributed by atoms with Gasteiger partial charge in [-0.1, -0.05) is 56.0 Å². The summed E-state index contributed by atoms with van der Waals surface area (Å²) >= 11 is 9.90. The maximum atomic E-state index is 13.5. The molecular formula is C55H61ClF2I3N10O6-. The zero-order valence-electron chi connectivity index (χ0n) is 41.6. The zero-order valence-corrected chi connectivity index (χ0v) is 48.9. The number of hydrogen-bond donors (Lipinski definition) is 5. The smallest absolute Gasteiger partial charge is 0.255 e. The minimum Gasteiger partial charge on any atom is -0.369 e. The Kier molecular flexibility index (Phi) is 29.3. The number of aromatic nitrogens is 4. The van der Waals surface area contributed by atoms with Crippen molar-refractivity contribution in [2.45, 2.75) is 46.2 Å². The Balaban J connectivity index is 0.000000290. The summed E-state index contributed by atoms with van der Waals surface area (Å²) in [6.07, 6.45) is 13.2. The van der Waals surface area contributed by atoms with Gasteiger partial charge in [-0.2, -0.15) is 0 Å². The Bertz CT molecular complexity index is 2900. The average molecular weight is 1410 g/mol. The zero-order chi connectivity index (χ0) is 54.5. The van der Waals surface area contributed by atoms with Crippen molar-refractivity contribution in [3.05, 3.63) is 190 Å². The van der Waals surface area contributed by atoms with Gasteiger partial charge in [0.25, 0.3) is 11.8 Å². The quantitative estimate of drug-likeness (QED) is 0.0461. The van der Waals surface area contributed by atoms with Crippen molar-refractivity contribution >= 4 is 95.0 Å². The Morgan fingerprint density at radius 1 is 0.688 bits per heavy atom. The summed E-state index contributed by atoms with van der Waals surface area (Å²) in [5.74, 6) is -0.0312. The third kappa shape index (κ3) is 22.5. The molecule has 22 heteroatoms. The number of carbonyl (C=O) groups excluding carboxylic acids is 4. The predicted molar refractivity (Wildman–Crippen MR) is 312 cm³/mol. The minimum atomic E-state index is -0.773. The second-order valence-corrected chi connectivity index (χ2v) is 33.0. The van der Waals surface area contributed by atoms with Crippen molar-refractivity contribution < 1.29 is 50.7 Å². The van der Waals surface area contributed by atoms with Crippen LogP contribution in [0.1, 0.15) is 74.6 Å². The third-order valence-corrected chi connectivity index (χ3v) is 11.5. The molecule has 77 heavy (non-hydrogen) atoms. The molecule has 0 fully saturated rings. The number of ether oxygens (including phenoxy) is 2. The topological polar surface area (TPSA) is 202 Å². The van der Waals surface area contributed by atoms with Crippen LogP contribution >= 0.6 is 48.8 Å². The van der Waals surface area contributed by atoms with Gasteiger partial charge in [0.1, 0.15) is 23.3 Å². The van der Waals surface area contributed by atoms with Crippen LogP contribution in [0.25, 0.3) is 11.1 Å². The number of benzene rings is 2. The Hall–Kier alpha value is -5.90. The van der Waals surface area contributed by atoms with Crippen LogP contribution in [0.3, 0.4) is 0 Å². The second-order valence-electron chi connectivity index (χ2n) is 16.5. The van der Waals surface area contributed by atoms with Gasteiger partial charge >= 0.3 is 62.0 Å². The normalized spacial score (nSPS) is 12.4. The van der Waals surface area contributed by atoms with E-state index >= 15 is 0 Å². The van der Waals surface area contributed by atoms with Crippen LogP contribution in [0.4, 0.5) is 30.0 Å². The first-order valence-corrected chi connectivity index (χ1v) is 36.7. The molecule has 410 valence electrons. The fourth-order valence-electron chi connectivity index (χ4n) is 7.56. The molecule has 0 spiro atoms. The van der Waals surface area contributed by atoms with Crippen molar-refractivity contribution in [3.8, 4) is 0 Å². The molecule has 2 aromatic carbocycles. The standard InChI is InChI=1S/C27H28FN5O3.C25H26FN5O.C2H3ClO2.CH4.I3/c1-36-27(35)33-14-10-21(11-15-33)24-8-7-23(26(34)31-18-20-5-3-12-29-17-20)25(32-24)30-13-9-19-4-2-6-22(28)16-19;26-21-5-1-3-18(15-21)8-14-29-24-22(25(32)30-17-19-4-2-11-28-16-19)6-7-23(31-24)20-9-12-27-13-10-20;1-5-2(3)4;;1-3-2/h2-8,10,12,16-17H,9,11,13-15,18H2,1H3,(H,30,32)(H,31,34);1-7,9,11,15-16,27H,8,10,12-14,17H2,(H,29,31)(H,30,32);1H3;1H4;/q;;;;-1. The van der Waals surface area contributed by atoms with Gasteiger partial charge < -0.3 is 41.0 Å². The number of methoxy groups -OCH3 is 2. The molecule has 0 bridgehead atoms. The fraction of sp³-hybridized carbons (Fsp3) is 0.273. The predicted octanol–water partition coefficient (Wildman–Crippen LogP) is 8.04. The van der Waals surface area contributed by atoms with Crippen LogP contribution in [0, 0.1) is 11.6 Å². The summed E-state index contributed by atoms with van der Waals surface area (Å²) in [7, 11) is 2.58. The molecule has 8 rings (SSSR count). The van der Waals surface area contributed by atoms with Gasteiger partial charge in [-0.25, -0.2) is 28.3 Å². The first kappa shape index (κ1) is 63.6. The Morgan fingerprint density at radius 3 is 1.56 bits per heavy atom. The summed E-state index contributed by atoms with van der Waals surface area (Å²) in [5, 5.41) is 15.7. The molecule has 3 amide bonds. The van der Waals surface area contributed by atoms with E-state index in [0.29, 0.717) is 94.5 Å². The number of pyridine rings is 4. The summed E-state index contributed by atoms with van der Waals surface area (Å²) in [4.78, 5) is 66.4. The summed E-state index contributed by atoms with van der Waals surface area (Å²) < 4.78 is 35.7. The number of nitrogens with zero attached hydrogens (tertiary/aromatic N) is 5. The summed E-state index contributed by atoms with van der Waals surface area (Å²) in [5.41, 5.74) is 7.41. The molecule has 6 aromatic rings. The second kappa shape index (κ2) is 35.5. The van der Waals surface area contributed by atoms with Crippen LogP contribution < -0.4 is 39.8 Å². The summed E-state index contributed by atoms with van der Waals surface area (Å²) in [6, 6.07) is 27.7. The van der Waals surface area contributed by atoms with Gasteiger partial charge in [-0.3, -0.25) is 19.6 Å². The average Bonchev–Trinajstić information content (AvgIpc) is 3.45. The Labute approximate surface area is 483 Å². The van der Waals surface area contributed by atoms with E-state index in [-0.39, 0.29) is 37.0 Å². The van der Waals surface area contributed by atoms with Gasteiger partial charge in [0.2, 0.25) is 0 Å². The Morgan fingerprint density at radius 2 is 1.17 bits per heavy atom. The number of nitrogens with one attached hydrogen (secondary N) is 5. The maximum Gasteiger partial charge on any atom is 0.255 e. The van der Waals surface area contributed by atoms with E-state index in [1.165, 1.54) is 44.1 Å². The minimum absolute atomic E-state index is 0. The van der Waals surface area contributed by atoms with Crippen molar-refractivity contribution in [3.63, 3.8) is 0 Å². The van der Waals surface area contributed by atoms with E-state index in [0.717, 1.165) is 58.7 Å². The third-order valence-electron chi connectivity index (χ3n) is 11.3. The molecule has 0 saturated heterocycles. The molecule has 4 aromatic heterocycles. The van der Waals surface area contributed by atoms with Gasteiger partial charge in [0.05, 0.1) is 36.7 Å². The molecule has 0 aliphatic carbocycles. The van der Waals surface area contributed by atoms with Crippen LogP contribution in [0.5, 0.6) is 0 Å². The molecule has 0 saturated carbocycles. The summed E-state index contributed by atoms with van der Waals surface area (Å²) in [6.45, 7) is 4.39.